The molecule has 0 radical (unpaired) electrons. The van der Waals surface area contributed by atoms with Gasteiger partial charge in [-0.25, -0.2) is 0 Å². The minimum Gasteiger partial charge on any atom is -0.484 e. The lowest BCUT2D eigenvalue weighted by Crippen LogP contribution is -2.52. The molecule has 2 amide bonds. The van der Waals surface area contributed by atoms with Crippen molar-refractivity contribution in [1.82, 2.24) is 10.2 Å². The van der Waals surface area contributed by atoms with Gasteiger partial charge in [-0.15, -0.1) is 0 Å². The van der Waals surface area contributed by atoms with Gasteiger partial charge in [-0.2, -0.15) is 0 Å². The lowest BCUT2D eigenvalue weighted by Gasteiger charge is -2.31. The number of benzene rings is 2. The molecular weight excluding hydrogens is 503 g/mol. The first-order chi connectivity index (χ1) is 15.0. The van der Waals surface area contributed by atoms with E-state index in [2.05, 4.69) is 27.9 Å². The molecule has 3 rings (SSSR count). The van der Waals surface area contributed by atoms with E-state index in [0.717, 1.165) is 34.8 Å². The number of amides is 2. The van der Waals surface area contributed by atoms with Gasteiger partial charge in [-0.05, 0) is 78.6 Å². The van der Waals surface area contributed by atoms with Gasteiger partial charge in [-0.3, -0.25) is 9.59 Å². The molecule has 1 N–H and O–H groups in total. The monoisotopic (exact) mass is 534 g/mol. The quantitative estimate of drug-likeness (QED) is 0.480. The molecule has 1 aliphatic rings. The van der Waals surface area contributed by atoms with E-state index in [1.807, 2.05) is 61.5 Å². The molecular formula is C25H31IN2O3. The van der Waals surface area contributed by atoms with Gasteiger partial charge in [0.05, 0.1) is 0 Å². The zero-order valence-electron chi connectivity index (χ0n) is 18.1. The van der Waals surface area contributed by atoms with Crippen LogP contribution in [-0.2, 0) is 16.0 Å². The number of halogens is 1. The van der Waals surface area contributed by atoms with Gasteiger partial charge in [-0.1, -0.05) is 49.6 Å². The van der Waals surface area contributed by atoms with E-state index in [1.165, 1.54) is 6.42 Å². The maximum Gasteiger partial charge on any atom is 0.261 e. The zero-order chi connectivity index (χ0) is 22.1. The second-order valence-electron chi connectivity index (χ2n) is 8.08. The van der Waals surface area contributed by atoms with Crippen molar-refractivity contribution in [2.24, 2.45) is 0 Å². The van der Waals surface area contributed by atoms with Gasteiger partial charge in [0.15, 0.2) is 6.61 Å². The zero-order valence-corrected chi connectivity index (χ0v) is 20.2. The third kappa shape index (κ3) is 7.52. The van der Waals surface area contributed by atoms with Crippen LogP contribution in [0.2, 0.25) is 0 Å². The van der Waals surface area contributed by atoms with Crippen LogP contribution in [0.1, 0.15) is 44.6 Å². The van der Waals surface area contributed by atoms with E-state index in [4.69, 9.17) is 4.74 Å². The van der Waals surface area contributed by atoms with Crippen molar-refractivity contribution in [3.63, 3.8) is 0 Å². The van der Waals surface area contributed by atoms with E-state index in [0.29, 0.717) is 18.7 Å². The Morgan fingerprint density at radius 1 is 1.06 bits per heavy atom. The summed E-state index contributed by atoms with van der Waals surface area (Å²) in [6.45, 7) is 2.19. The summed E-state index contributed by atoms with van der Waals surface area (Å²) in [6.07, 6.45) is 6.27. The van der Waals surface area contributed by atoms with E-state index in [9.17, 15) is 9.59 Å². The number of rotatable bonds is 9. The first kappa shape index (κ1) is 23.6. The van der Waals surface area contributed by atoms with Crippen LogP contribution in [-0.4, -0.2) is 41.9 Å². The van der Waals surface area contributed by atoms with Crippen molar-refractivity contribution >= 4 is 34.4 Å². The average molecular weight is 534 g/mol. The number of nitrogens with zero attached hydrogens (tertiary/aromatic N) is 1. The highest BCUT2D eigenvalue weighted by Gasteiger charge is 2.28. The second kappa shape index (κ2) is 12.1. The van der Waals surface area contributed by atoms with Crippen LogP contribution in [0.5, 0.6) is 5.75 Å². The lowest BCUT2D eigenvalue weighted by atomic mass is 9.95. The highest BCUT2D eigenvalue weighted by atomic mass is 127. The predicted octanol–water partition coefficient (Wildman–Crippen LogP) is 4.58. The maximum absolute atomic E-state index is 13.1. The fraction of sp³-hybridized carbons (Fsp3) is 0.440. The van der Waals surface area contributed by atoms with Crippen LogP contribution in [0.3, 0.4) is 0 Å². The molecule has 1 atom stereocenters. The molecule has 0 spiro atoms. The molecule has 2 aromatic carbocycles. The van der Waals surface area contributed by atoms with E-state index in [-0.39, 0.29) is 24.5 Å². The number of carbonyl (C=O) groups is 2. The SMILES string of the molecule is C[C@@H](C(=O)NC1CCCCC1)N(CCc1ccccc1)C(=O)COc1ccc(I)cc1. The minimum absolute atomic E-state index is 0.0809. The van der Waals surface area contributed by atoms with Crippen LogP contribution in [0.4, 0.5) is 0 Å². The summed E-state index contributed by atoms with van der Waals surface area (Å²) in [6, 6.07) is 17.3. The Morgan fingerprint density at radius 3 is 2.42 bits per heavy atom. The molecule has 1 saturated carbocycles. The largest absolute Gasteiger partial charge is 0.484 e. The molecule has 0 bridgehead atoms. The molecule has 1 aliphatic carbocycles. The Balaban J connectivity index is 1.63. The molecule has 1 fully saturated rings. The van der Waals surface area contributed by atoms with Crippen molar-refractivity contribution in [2.45, 2.75) is 57.5 Å². The van der Waals surface area contributed by atoms with E-state index >= 15 is 0 Å². The van der Waals surface area contributed by atoms with E-state index < -0.39 is 6.04 Å². The third-order valence-corrected chi connectivity index (χ3v) is 6.50. The number of carbonyl (C=O) groups excluding carboxylic acids is 2. The Bertz CT molecular complexity index is 836. The molecule has 2 aromatic rings. The molecule has 0 unspecified atom stereocenters. The van der Waals surface area contributed by atoms with Gasteiger partial charge >= 0.3 is 0 Å². The minimum atomic E-state index is -0.543. The average Bonchev–Trinajstić information content (AvgIpc) is 2.80. The molecule has 166 valence electrons. The highest BCUT2D eigenvalue weighted by molar-refractivity contribution is 14.1. The summed E-state index contributed by atoms with van der Waals surface area (Å²) >= 11 is 2.23. The van der Waals surface area contributed by atoms with Crippen LogP contribution >= 0.6 is 22.6 Å². The number of hydrogen-bond donors (Lipinski definition) is 1. The van der Waals surface area contributed by atoms with Crippen molar-refractivity contribution in [2.75, 3.05) is 13.2 Å². The molecule has 0 saturated heterocycles. The van der Waals surface area contributed by atoms with E-state index in [1.54, 1.807) is 4.90 Å². The molecule has 31 heavy (non-hydrogen) atoms. The fourth-order valence-electron chi connectivity index (χ4n) is 3.90. The summed E-state index contributed by atoms with van der Waals surface area (Å²) in [4.78, 5) is 27.6. The van der Waals surface area contributed by atoms with Crippen LogP contribution < -0.4 is 10.1 Å². The standard InChI is InChI=1S/C25H31IN2O3/c1-19(25(30)27-22-10-6-3-7-11-22)28(17-16-20-8-4-2-5-9-20)24(29)18-31-23-14-12-21(26)13-15-23/h2,4-5,8-9,12-15,19,22H,3,6-7,10-11,16-18H2,1H3,(H,27,30)/t19-/m0/s1. The third-order valence-electron chi connectivity index (χ3n) is 5.78. The lowest BCUT2D eigenvalue weighted by molar-refractivity contribution is -0.141. The molecule has 6 heteroatoms. The first-order valence-corrected chi connectivity index (χ1v) is 12.1. The summed E-state index contributed by atoms with van der Waals surface area (Å²) < 4.78 is 6.81. The van der Waals surface area contributed by atoms with Gasteiger partial charge in [0.2, 0.25) is 5.91 Å². The van der Waals surface area contributed by atoms with Crippen molar-refractivity contribution in [3.05, 3.63) is 63.7 Å². The summed E-state index contributed by atoms with van der Waals surface area (Å²) in [7, 11) is 0. The second-order valence-corrected chi connectivity index (χ2v) is 9.33. The predicted molar refractivity (Wildman–Crippen MR) is 131 cm³/mol. The van der Waals surface area contributed by atoms with Crippen LogP contribution in [0, 0.1) is 3.57 Å². The number of hydrogen-bond acceptors (Lipinski definition) is 3. The van der Waals surface area contributed by atoms with Crippen molar-refractivity contribution < 1.29 is 14.3 Å². The Morgan fingerprint density at radius 2 is 1.74 bits per heavy atom. The van der Waals surface area contributed by atoms with Crippen molar-refractivity contribution in [1.29, 1.82) is 0 Å². The summed E-state index contributed by atoms with van der Waals surface area (Å²) in [5, 5.41) is 3.16. The fourth-order valence-corrected chi connectivity index (χ4v) is 4.26. The van der Waals surface area contributed by atoms with Crippen molar-refractivity contribution in [3.8, 4) is 5.75 Å². The Hall–Kier alpha value is -2.09. The molecule has 0 heterocycles. The van der Waals surface area contributed by atoms with Crippen LogP contribution in [0.15, 0.2) is 54.6 Å². The van der Waals surface area contributed by atoms with Gasteiger partial charge < -0.3 is 15.0 Å². The van der Waals surface area contributed by atoms with Crippen LogP contribution in [0.25, 0.3) is 0 Å². The van der Waals surface area contributed by atoms with Gasteiger partial charge in [0.25, 0.3) is 5.91 Å². The van der Waals surface area contributed by atoms with Gasteiger partial charge in [0, 0.05) is 16.2 Å². The Labute approximate surface area is 198 Å². The normalized spacial score (nSPS) is 15.2. The first-order valence-electron chi connectivity index (χ1n) is 11.0. The maximum atomic E-state index is 13.1. The molecule has 0 aliphatic heterocycles. The van der Waals surface area contributed by atoms with Gasteiger partial charge in [0.1, 0.15) is 11.8 Å². The number of nitrogens with one attached hydrogen (secondary N) is 1. The highest BCUT2D eigenvalue weighted by Crippen LogP contribution is 2.18. The summed E-state index contributed by atoms with van der Waals surface area (Å²) in [5.74, 6) is 0.388. The number of ether oxygens (including phenoxy) is 1. The smallest absolute Gasteiger partial charge is 0.261 e. The summed E-state index contributed by atoms with van der Waals surface area (Å²) in [5.41, 5.74) is 1.14. The Kier molecular flexibility index (Phi) is 9.18. The molecule has 5 nitrogen and oxygen atoms in total. The topological polar surface area (TPSA) is 58.6 Å². The molecule has 0 aromatic heterocycles.